The SMILES string of the molecule is CC[C@H](C(=O)N[C@@H](C)CC)N(Cc1ccccc1C)C(=O)COc1cc(C)c(Br)c(C)c1. The maximum absolute atomic E-state index is 13.3. The maximum atomic E-state index is 13.3. The molecule has 6 heteroatoms. The van der Waals surface area contributed by atoms with Gasteiger partial charge in [-0.1, -0.05) is 54.0 Å². The highest BCUT2D eigenvalue weighted by Crippen LogP contribution is 2.26. The van der Waals surface area contributed by atoms with Gasteiger partial charge in [-0.05, 0) is 74.9 Å². The number of halogens is 1. The van der Waals surface area contributed by atoms with Crippen LogP contribution in [0.15, 0.2) is 40.9 Å². The van der Waals surface area contributed by atoms with E-state index < -0.39 is 6.04 Å². The normalized spacial score (nSPS) is 12.7. The molecular formula is C26H35BrN2O3. The largest absolute Gasteiger partial charge is 0.484 e. The lowest BCUT2D eigenvalue weighted by Crippen LogP contribution is -2.51. The van der Waals surface area contributed by atoms with Crippen molar-refractivity contribution in [2.45, 2.75) is 73.0 Å². The molecule has 0 saturated carbocycles. The van der Waals surface area contributed by atoms with E-state index in [0.717, 1.165) is 33.1 Å². The minimum Gasteiger partial charge on any atom is -0.484 e. The fourth-order valence-electron chi connectivity index (χ4n) is 3.55. The number of nitrogens with one attached hydrogen (secondary N) is 1. The molecule has 0 aliphatic heterocycles. The maximum Gasteiger partial charge on any atom is 0.261 e. The van der Waals surface area contributed by atoms with E-state index in [9.17, 15) is 9.59 Å². The minimum absolute atomic E-state index is 0.0527. The van der Waals surface area contributed by atoms with Gasteiger partial charge in [-0.15, -0.1) is 0 Å². The summed E-state index contributed by atoms with van der Waals surface area (Å²) in [7, 11) is 0. The predicted octanol–water partition coefficient (Wildman–Crippen LogP) is 5.48. The molecule has 5 nitrogen and oxygen atoms in total. The summed E-state index contributed by atoms with van der Waals surface area (Å²) >= 11 is 3.55. The second kappa shape index (κ2) is 12.0. The fourth-order valence-corrected chi connectivity index (χ4v) is 3.78. The first kappa shape index (κ1) is 25.9. The van der Waals surface area contributed by atoms with Crippen molar-refractivity contribution in [3.05, 3.63) is 63.1 Å². The smallest absolute Gasteiger partial charge is 0.261 e. The molecule has 2 amide bonds. The number of aryl methyl sites for hydroxylation is 3. The first-order valence-corrected chi connectivity index (χ1v) is 12.0. The molecule has 2 aromatic rings. The number of carbonyl (C=O) groups excluding carboxylic acids is 2. The molecular weight excluding hydrogens is 468 g/mol. The summed E-state index contributed by atoms with van der Waals surface area (Å²) in [5, 5.41) is 3.03. The predicted molar refractivity (Wildman–Crippen MR) is 133 cm³/mol. The Morgan fingerprint density at radius 3 is 2.22 bits per heavy atom. The van der Waals surface area contributed by atoms with Crippen LogP contribution in [-0.4, -0.2) is 35.4 Å². The second-order valence-electron chi connectivity index (χ2n) is 8.35. The highest BCUT2D eigenvalue weighted by Gasteiger charge is 2.29. The summed E-state index contributed by atoms with van der Waals surface area (Å²) in [5.74, 6) is 0.307. The van der Waals surface area contributed by atoms with Crippen LogP contribution < -0.4 is 10.1 Å². The van der Waals surface area contributed by atoms with Gasteiger partial charge in [0.05, 0.1) is 0 Å². The first-order valence-electron chi connectivity index (χ1n) is 11.2. The van der Waals surface area contributed by atoms with Gasteiger partial charge in [0, 0.05) is 17.1 Å². The minimum atomic E-state index is -0.562. The summed E-state index contributed by atoms with van der Waals surface area (Å²) in [6, 6.07) is 11.2. The van der Waals surface area contributed by atoms with Gasteiger partial charge in [0.25, 0.3) is 5.91 Å². The Morgan fingerprint density at radius 1 is 1.03 bits per heavy atom. The summed E-state index contributed by atoms with van der Waals surface area (Å²) in [6.07, 6.45) is 1.36. The van der Waals surface area contributed by atoms with Gasteiger partial charge in [-0.2, -0.15) is 0 Å². The van der Waals surface area contributed by atoms with E-state index >= 15 is 0 Å². The topological polar surface area (TPSA) is 58.6 Å². The molecule has 1 N–H and O–H groups in total. The Balaban J connectivity index is 2.26. The van der Waals surface area contributed by atoms with Crippen molar-refractivity contribution < 1.29 is 14.3 Å². The molecule has 2 atom stereocenters. The summed E-state index contributed by atoms with van der Waals surface area (Å²) in [4.78, 5) is 28.0. The average molecular weight is 503 g/mol. The van der Waals surface area contributed by atoms with Crippen LogP contribution in [0.1, 0.15) is 55.9 Å². The van der Waals surface area contributed by atoms with Crippen molar-refractivity contribution in [1.82, 2.24) is 10.2 Å². The van der Waals surface area contributed by atoms with Gasteiger partial charge in [0.2, 0.25) is 5.91 Å². The van der Waals surface area contributed by atoms with E-state index in [1.165, 1.54) is 0 Å². The van der Waals surface area contributed by atoms with Crippen LogP contribution in [0.5, 0.6) is 5.75 Å². The van der Waals surface area contributed by atoms with Crippen LogP contribution >= 0.6 is 15.9 Å². The molecule has 0 bridgehead atoms. The van der Waals surface area contributed by atoms with Crippen LogP contribution in [0.25, 0.3) is 0 Å². The van der Waals surface area contributed by atoms with Crippen LogP contribution in [-0.2, 0) is 16.1 Å². The molecule has 0 saturated heterocycles. The van der Waals surface area contributed by atoms with Crippen LogP contribution in [0.2, 0.25) is 0 Å². The van der Waals surface area contributed by atoms with Gasteiger partial charge in [-0.25, -0.2) is 0 Å². The highest BCUT2D eigenvalue weighted by atomic mass is 79.9. The van der Waals surface area contributed by atoms with E-state index in [2.05, 4.69) is 21.2 Å². The number of hydrogen-bond donors (Lipinski definition) is 1. The zero-order chi connectivity index (χ0) is 23.8. The number of rotatable bonds is 10. The molecule has 0 fully saturated rings. The Kier molecular flexibility index (Phi) is 9.76. The van der Waals surface area contributed by atoms with Crippen LogP contribution in [0.3, 0.4) is 0 Å². The van der Waals surface area contributed by atoms with Gasteiger partial charge >= 0.3 is 0 Å². The molecule has 0 spiro atoms. The monoisotopic (exact) mass is 502 g/mol. The molecule has 0 aliphatic rings. The lowest BCUT2D eigenvalue weighted by Gasteiger charge is -2.31. The number of carbonyl (C=O) groups is 2. The summed E-state index contributed by atoms with van der Waals surface area (Å²) < 4.78 is 6.90. The molecule has 0 aromatic heterocycles. The third kappa shape index (κ3) is 6.83. The van der Waals surface area contributed by atoms with Gasteiger partial charge in [-0.3, -0.25) is 9.59 Å². The van der Waals surface area contributed by atoms with Crippen molar-refractivity contribution in [1.29, 1.82) is 0 Å². The van der Waals surface area contributed by atoms with Crippen molar-refractivity contribution in [2.75, 3.05) is 6.61 Å². The summed E-state index contributed by atoms with van der Waals surface area (Å²) in [6.45, 7) is 12.2. The highest BCUT2D eigenvalue weighted by molar-refractivity contribution is 9.10. The number of amides is 2. The molecule has 32 heavy (non-hydrogen) atoms. The van der Waals surface area contributed by atoms with Crippen LogP contribution in [0.4, 0.5) is 0 Å². The lowest BCUT2D eigenvalue weighted by atomic mass is 10.1. The van der Waals surface area contributed by atoms with Crippen LogP contribution in [0, 0.1) is 20.8 Å². The van der Waals surface area contributed by atoms with E-state index in [0.29, 0.717) is 18.7 Å². The number of nitrogens with zero attached hydrogens (tertiary/aromatic N) is 1. The molecule has 0 heterocycles. The standard InChI is InChI=1S/C26H35BrN2O3/c1-7-20(6)28-26(31)23(8-2)29(15-21-12-10-9-11-17(21)3)24(30)16-32-22-13-18(4)25(27)19(5)14-22/h9-14,20,23H,7-8,15-16H2,1-6H3,(H,28,31)/t20-,23+/m0/s1. The second-order valence-corrected chi connectivity index (χ2v) is 9.14. The molecule has 0 aliphatic carbocycles. The molecule has 0 radical (unpaired) electrons. The number of benzene rings is 2. The molecule has 0 unspecified atom stereocenters. The summed E-state index contributed by atoms with van der Waals surface area (Å²) in [5.41, 5.74) is 4.20. The van der Waals surface area contributed by atoms with E-state index in [-0.39, 0.29) is 24.5 Å². The Labute approximate surface area is 200 Å². The lowest BCUT2D eigenvalue weighted by molar-refractivity contribution is -0.143. The van der Waals surface area contributed by atoms with E-state index in [4.69, 9.17) is 4.74 Å². The van der Waals surface area contributed by atoms with E-state index in [1.54, 1.807) is 4.90 Å². The zero-order valence-corrected chi connectivity index (χ0v) is 21.6. The van der Waals surface area contributed by atoms with Gasteiger partial charge < -0.3 is 15.0 Å². The van der Waals surface area contributed by atoms with Crippen molar-refractivity contribution in [3.63, 3.8) is 0 Å². The van der Waals surface area contributed by atoms with Crippen molar-refractivity contribution in [2.24, 2.45) is 0 Å². The third-order valence-corrected chi connectivity index (χ3v) is 7.01. The number of ether oxygens (including phenoxy) is 1. The fraction of sp³-hybridized carbons (Fsp3) is 0.462. The number of hydrogen-bond acceptors (Lipinski definition) is 3. The van der Waals surface area contributed by atoms with Crippen molar-refractivity contribution in [3.8, 4) is 5.75 Å². The van der Waals surface area contributed by atoms with E-state index in [1.807, 2.05) is 77.9 Å². The Morgan fingerprint density at radius 2 is 1.66 bits per heavy atom. The average Bonchev–Trinajstić information content (AvgIpc) is 2.76. The quantitative estimate of drug-likeness (QED) is 0.468. The molecule has 2 rings (SSSR count). The van der Waals surface area contributed by atoms with Crippen molar-refractivity contribution >= 4 is 27.7 Å². The first-order chi connectivity index (χ1) is 15.2. The third-order valence-electron chi connectivity index (χ3n) is 5.76. The Hall–Kier alpha value is -2.34. The van der Waals surface area contributed by atoms with Gasteiger partial charge in [0.1, 0.15) is 11.8 Å². The molecule has 2 aromatic carbocycles. The Bertz CT molecular complexity index is 921. The van der Waals surface area contributed by atoms with Gasteiger partial charge in [0.15, 0.2) is 6.61 Å². The zero-order valence-electron chi connectivity index (χ0n) is 20.0. The molecule has 174 valence electrons.